The normalized spacial score (nSPS) is 20.0. The first-order chi connectivity index (χ1) is 10.6. The summed E-state index contributed by atoms with van der Waals surface area (Å²) in [6.07, 6.45) is 2.30. The summed E-state index contributed by atoms with van der Waals surface area (Å²) in [6, 6.07) is 15.1. The molecule has 0 spiro atoms. The number of amides is 1. The van der Waals surface area contributed by atoms with Gasteiger partial charge in [-0.2, -0.15) is 5.10 Å². The Bertz CT molecular complexity index is 716. The molecule has 3 rings (SSSR count). The molecule has 0 aliphatic heterocycles. The quantitative estimate of drug-likeness (QED) is 0.649. The van der Waals surface area contributed by atoms with E-state index < -0.39 is 0 Å². The first kappa shape index (κ1) is 14.8. The van der Waals surface area contributed by atoms with Gasteiger partial charge in [0.15, 0.2) is 0 Å². The number of hydrogen-bond acceptors (Lipinski definition) is 3. The number of hydrogen-bond donors (Lipinski definition) is 2. The fourth-order valence-electron chi connectivity index (χ4n) is 2.43. The number of hydrazone groups is 1. The van der Waals surface area contributed by atoms with Gasteiger partial charge >= 0.3 is 0 Å². The number of rotatable bonds is 4. The SMILES string of the molecule is O=C(N/N=C/c1cc(Br)ccc1O)[C@@H]1C[C@H]1c1ccccc1. The molecule has 1 aliphatic rings. The molecule has 0 aromatic heterocycles. The highest BCUT2D eigenvalue weighted by atomic mass is 79.9. The van der Waals surface area contributed by atoms with Gasteiger partial charge in [0.2, 0.25) is 5.91 Å². The van der Waals surface area contributed by atoms with Crippen LogP contribution >= 0.6 is 15.9 Å². The van der Waals surface area contributed by atoms with E-state index in [2.05, 4.69) is 26.5 Å². The molecule has 2 N–H and O–H groups in total. The summed E-state index contributed by atoms with van der Waals surface area (Å²) in [7, 11) is 0. The summed E-state index contributed by atoms with van der Waals surface area (Å²) in [5, 5.41) is 13.6. The van der Waals surface area contributed by atoms with Crippen LogP contribution in [0.1, 0.15) is 23.5 Å². The van der Waals surface area contributed by atoms with Crippen molar-refractivity contribution in [3.63, 3.8) is 0 Å². The van der Waals surface area contributed by atoms with Crippen LogP contribution in [0.3, 0.4) is 0 Å². The molecule has 1 amide bonds. The maximum Gasteiger partial charge on any atom is 0.243 e. The fraction of sp³-hybridized carbons (Fsp3) is 0.176. The number of nitrogens with zero attached hydrogens (tertiary/aromatic N) is 1. The number of phenolic OH excluding ortho intramolecular Hbond substituents is 1. The van der Waals surface area contributed by atoms with Crippen LogP contribution in [0.15, 0.2) is 58.1 Å². The lowest BCUT2D eigenvalue weighted by Gasteiger charge is -2.01. The number of aromatic hydroxyl groups is 1. The Morgan fingerprint density at radius 3 is 2.82 bits per heavy atom. The van der Waals surface area contributed by atoms with Crippen molar-refractivity contribution in [3.05, 3.63) is 64.1 Å². The van der Waals surface area contributed by atoms with Gasteiger partial charge in [-0.15, -0.1) is 0 Å². The monoisotopic (exact) mass is 358 g/mol. The summed E-state index contributed by atoms with van der Waals surface area (Å²) in [5.74, 6) is 0.306. The summed E-state index contributed by atoms with van der Waals surface area (Å²) < 4.78 is 0.837. The molecule has 0 bridgehead atoms. The van der Waals surface area contributed by atoms with E-state index in [9.17, 15) is 9.90 Å². The lowest BCUT2D eigenvalue weighted by atomic mass is 10.1. The van der Waals surface area contributed by atoms with Gasteiger partial charge in [0.05, 0.1) is 6.21 Å². The van der Waals surface area contributed by atoms with E-state index in [0.29, 0.717) is 5.56 Å². The van der Waals surface area contributed by atoms with Crippen molar-refractivity contribution in [2.45, 2.75) is 12.3 Å². The van der Waals surface area contributed by atoms with Crippen molar-refractivity contribution < 1.29 is 9.90 Å². The Kier molecular flexibility index (Phi) is 4.24. The highest BCUT2D eigenvalue weighted by Crippen LogP contribution is 2.47. The number of benzene rings is 2. The van der Waals surface area contributed by atoms with Gasteiger partial charge in [0, 0.05) is 16.0 Å². The molecule has 5 heteroatoms. The molecule has 112 valence electrons. The molecular weight excluding hydrogens is 344 g/mol. The molecule has 1 fully saturated rings. The largest absolute Gasteiger partial charge is 0.507 e. The molecule has 1 aliphatic carbocycles. The lowest BCUT2D eigenvalue weighted by Crippen LogP contribution is -2.20. The van der Waals surface area contributed by atoms with Gasteiger partial charge in [-0.25, -0.2) is 5.43 Å². The van der Waals surface area contributed by atoms with Gasteiger partial charge in [-0.1, -0.05) is 46.3 Å². The zero-order chi connectivity index (χ0) is 15.5. The second-order valence-electron chi connectivity index (χ2n) is 5.30. The van der Waals surface area contributed by atoms with E-state index in [1.165, 1.54) is 11.8 Å². The first-order valence-electron chi connectivity index (χ1n) is 7.01. The van der Waals surface area contributed by atoms with Crippen LogP contribution in [0.5, 0.6) is 5.75 Å². The molecule has 1 saturated carbocycles. The van der Waals surface area contributed by atoms with Crippen LogP contribution in [0.25, 0.3) is 0 Å². The van der Waals surface area contributed by atoms with Crippen LogP contribution in [0.2, 0.25) is 0 Å². The third-order valence-corrected chi connectivity index (χ3v) is 4.22. The van der Waals surface area contributed by atoms with Crippen molar-refractivity contribution in [2.75, 3.05) is 0 Å². The second kappa shape index (κ2) is 6.32. The lowest BCUT2D eigenvalue weighted by molar-refractivity contribution is -0.122. The van der Waals surface area contributed by atoms with Gasteiger partial charge in [0.1, 0.15) is 5.75 Å². The molecule has 0 unspecified atom stereocenters. The van der Waals surface area contributed by atoms with Crippen LogP contribution in [0, 0.1) is 5.92 Å². The number of carbonyl (C=O) groups excluding carboxylic acids is 1. The van der Waals surface area contributed by atoms with Crippen LogP contribution in [-0.2, 0) is 4.79 Å². The number of carbonyl (C=O) groups is 1. The van der Waals surface area contributed by atoms with Gasteiger partial charge < -0.3 is 5.11 Å². The predicted molar refractivity (Wildman–Crippen MR) is 88.8 cm³/mol. The highest BCUT2D eigenvalue weighted by molar-refractivity contribution is 9.10. The van der Waals surface area contributed by atoms with Crippen molar-refractivity contribution >= 4 is 28.1 Å². The average molecular weight is 359 g/mol. The number of halogens is 1. The van der Waals surface area contributed by atoms with Crippen molar-refractivity contribution in [2.24, 2.45) is 11.0 Å². The van der Waals surface area contributed by atoms with E-state index in [1.807, 2.05) is 30.3 Å². The number of phenols is 1. The molecule has 0 saturated heterocycles. The van der Waals surface area contributed by atoms with Gasteiger partial charge in [-0.05, 0) is 36.1 Å². The maximum absolute atomic E-state index is 12.0. The third-order valence-electron chi connectivity index (χ3n) is 3.72. The summed E-state index contributed by atoms with van der Waals surface area (Å²) >= 11 is 3.32. The van der Waals surface area contributed by atoms with Crippen molar-refractivity contribution in [1.82, 2.24) is 5.43 Å². The van der Waals surface area contributed by atoms with Crippen LogP contribution in [0.4, 0.5) is 0 Å². The average Bonchev–Trinajstić information content (AvgIpc) is 3.32. The van der Waals surface area contributed by atoms with Crippen LogP contribution in [-0.4, -0.2) is 17.2 Å². The van der Waals surface area contributed by atoms with Crippen LogP contribution < -0.4 is 5.43 Å². The number of nitrogens with one attached hydrogen (secondary N) is 1. The Hall–Kier alpha value is -2.14. The Labute approximate surface area is 137 Å². The zero-order valence-electron chi connectivity index (χ0n) is 11.7. The zero-order valence-corrected chi connectivity index (χ0v) is 13.3. The molecular formula is C17H15BrN2O2. The molecule has 22 heavy (non-hydrogen) atoms. The van der Waals surface area contributed by atoms with E-state index >= 15 is 0 Å². The van der Waals surface area contributed by atoms with E-state index in [4.69, 9.17) is 0 Å². The molecule has 0 radical (unpaired) electrons. The minimum atomic E-state index is -0.0837. The Morgan fingerprint density at radius 1 is 1.27 bits per heavy atom. The predicted octanol–water partition coefficient (Wildman–Crippen LogP) is 3.41. The third kappa shape index (κ3) is 3.36. The Morgan fingerprint density at radius 2 is 2.05 bits per heavy atom. The standard InChI is InChI=1S/C17H15BrN2O2/c18-13-6-7-16(21)12(8-13)10-19-20-17(22)15-9-14(15)11-4-2-1-3-5-11/h1-8,10,14-15,21H,9H2,(H,20,22)/b19-10+/t14-,15+/m0/s1. The van der Waals surface area contributed by atoms with Crippen molar-refractivity contribution in [1.29, 1.82) is 0 Å². The van der Waals surface area contributed by atoms with E-state index in [-0.39, 0.29) is 23.5 Å². The topological polar surface area (TPSA) is 61.7 Å². The first-order valence-corrected chi connectivity index (χ1v) is 7.81. The molecule has 2 aromatic carbocycles. The Balaban J connectivity index is 1.57. The molecule has 2 aromatic rings. The molecule has 0 heterocycles. The fourth-order valence-corrected chi connectivity index (χ4v) is 2.81. The molecule has 2 atom stereocenters. The second-order valence-corrected chi connectivity index (χ2v) is 6.21. The smallest absolute Gasteiger partial charge is 0.243 e. The van der Waals surface area contributed by atoms with Crippen molar-refractivity contribution in [3.8, 4) is 5.75 Å². The summed E-state index contributed by atoms with van der Waals surface area (Å²) in [4.78, 5) is 12.0. The summed E-state index contributed by atoms with van der Waals surface area (Å²) in [5.41, 5.74) is 4.28. The van der Waals surface area contributed by atoms with Gasteiger partial charge in [0.25, 0.3) is 0 Å². The maximum atomic E-state index is 12.0. The minimum absolute atomic E-state index is 0.0179. The minimum Gasteiger partial charge on any atom is -0.507 e. The highest BCUT2D eigenvalue weighted by Gasteiger charge is 2.43. The molecule has 4 nitrogen and oxygen atoms in total. The van der Waals surface area contributed by atoms with Gasteiger partial charge in [-0.3, -0.25) is 4.79 Å². The van der Waals surface area contributed by atoms with E-state index in [1.54, 1.807) is 18.2 Å². The van der Waals surface area contributed by atoms with E-state index in [0.717, 1.165) is 10.9 Å². The summed E-state index contributed by atoms with van der Waals surface area (Å²) in [6.45, 7) is 0.